The van der Waals surface area contributed by atoms with Crippen molar-refractivity contribution in [2.75, 3.05) is 21.3 Å². The molecule has 0 spiro atoms. The molecule has 0 saturated carbocycles. The molecule has 0 radical (unpaired) electrons. The predicted molar refractivity (Wildman–Crippen MR) is 94.6 cm³/mol. The molecule has 0 aliphatic rings. The normalized spacial score (nSPS) is 10.2. The molecule has 0 aliphatic carbocycles. The summed E-state index contributed by atoms with van der Waals surface area (Å²) in [6.07, 6.45) is 0. The van der Waals surface area contributed by atoms with E-state index in [1.165, 1.54) is 6.92 Å². The summed E-state index contributed by atoms with van der Waals surface area (Å²) in [5, 5.41) is 0. The molecule has 0 atom stereocenters. The monoisotopic (exact) mass is 394 g/mol. The van der Waals surface area contributed by atoms with Crippen LogP contribution < -0.4 is 18.9 Å². The highest BCUT2D eigenvalue weighted by Crippen LogP contribution is 2.38. The van der Waals surface area contributed by atoms with Gasteiger partial charge in [0.1, 0.15) is 6.61 Å². The van der Waals surface area contributed by atoms with Crippen molar-refractivity contribution in [3.63, 3.8) is 0 Å². The highest BCUT2D eigenvalue weighted by atomic mass is 79.9. The van der Waals surface area contributed by atoms with Crippen LogP contribution in [-0.2, 0) is 6.61 Å². The third kappa shape index (κ3) is 3.82. The van der Waals surface area contributed by atoms with Crippen LogP contribution in [0.2, 0.25) is 0 Å². The Morgan fingerprint density at radius 1 is 0.958 bits per heavy atom. The van der Waals surface area contributed by atoms with E-state index < -0.39 is 0 Å². The van der Waals surface area contributed by atoms with Crippen molar-refractivity contribution >= 4 is 21.7 Å². The van der Waals surface area contributed by atoms with Crippen molar-refractivity contribution in [1.29, 1.82) is 0 Å². The number of rotatable bonds is 7. The zero-order valence-corrected chi connectivity index (χ0v) is 15.6. The lowest BCUT2D eigenvalue weighted by Gasteiger charge is -2.15. The lowest BCUT2D eigenvalue weighted by molar-refractivity contribution is 0.101. The number of benzene rings is 2. The Labute approximate surface area is 149 Å². The first-order valence-corrected chi connectivity index (χ1v) is 8.02. The predicted octanol–water partition coefficient (Wildman–Crippen LogP) is 4.26. The SMILES string of the molecule is COc1cc(C(C)=O)ccc1OCc1ccc(OC)c(OC)c1Br. The fraction of sp³-hybridized carbons (Fsp3) is 0.278. The molecule has 24 heavy (non-hydrogen) atoms. The maximum absolute atomic E-state index is 11.5. The van der Waals surface area contributed by atoms with Crippen LogP contribution in [0.1, 0.15) is 22.8 Å². The molecule has 128 valence electrons. The molecule has 0 aliphatic heterocycles. The average molecular weight is 395 g/mol. The minimum absolute atomic E-state index is 0.0255. The number of methoxy groups -OCH3 is 3. The Bertz CT molecular complexity index is 742. The van der Waals surface area contributed by atoms with Crippen LogP contribution in [0.25, 0.3) is 0 Å². The number of hydrogen-bond acceptors (Lipinski definition) is 5. The summed E-state index contributed by atoms with van der Waals surface area (Å²) >= 11 is 3.51. The summed E-state index contributed by atoms with van der Waals surface area (Å²) in [5.74, 6) is 2.29. The quantitative estimate of drug-likeness (QED) is 0.656. The van der Waals surface area contributed by atoms with E-state index in [1.54, 1.807) is 39.5 Å². The summed E-state index contributed by atoms with van der Waals surface area (Å²) in [6, 6.07) is 8.82. The molecular weight excluding hydrogens is 376 g/mol. The molecule has 0 aromatic heterocycles. The summed E-state index contributed by atoms with van der Waals surface area (Å²) < 4.78 is 22.5. The molecule has 5 nitrogen and oxygen atoms in total. The van der Waals surface area contributed by atoms with Crippen LogP contribution in [0, 0.1) is 0 Å². The second-order valence-corrected chi connectivity index (χ2v) is 5.78. The summed E-state index contributed by atoms with van der Waals surface area (Å²) in [4.78, 5) is 11.5. The molecule has 0 heterocycles. The number of carbonyl (C=O) groups is 1. The zero-order valence-electron chi connectivity index (χ0n) is 14.0. The van der Waals surface area contributed by atoms with Gasteiger partial charge in [-0.25, -0.2) is 0 Å². The highest BCUT2D eigenvalue weighted by Gasteiger charge is 2.14. The number of ether oxygens (including phenoxy) is 4. The van der Waals surface area contributed by atoms with E-state index in [1.807, 2.05) is 12.1 Å². The largest absolute Gasteiger partial charge is 0.493 e. The fourth-order valence-electron chi connectivity index (χ4n) is 2.20. The van der Waals surface area contributed by atoms with Gasteiger partial charge in [0.25, 0.3) is 0 Å². The van der Waals surface area contributed by atoms with E-state index in [-0.39, 0.29) is 5.78 Å². The number of ketones is 1. The maximum Gasteiger partial charge on any atom is 0.175 e. The summed E-state index contributed by atoms with van der Waals surface area (Å²) in [7, 11) is 4.71. The van der Waals surface area contributed by atoms with Crippen molar-refractivity contribution in [2.24, 2.45) is 0 Å². The maximum atomic E-state index is 11.5. The molecule has 2 aromatic rings. The Morgan fingerprint density at radius 3 is 2.21 bits per heavy atom. The van der Waals surface area contributed by atoms with Crippen LogP contribution in [0.5, 0.6) is 23.0 Å². The molecular formula is C18H19BrO5. The van der Waals surface area contributed by atoms with Crippen molar-refractivity contribution in [3.8, 4) is 23.0 Å². The molecule has 0 N–H and O–H groups in total. The number of hydrogen-bond donors (Lipinski definition) is 0. The zero-order chi connectivity index (χ0) is 17.7. The third-order valence-corrected chi connectivity index (χ3v) is 4.39. The van der Waals surface area contributed by atoms with Gasteiger partial charge in [-0.3, -0.25) is 4.79 Å². The van der Waals surface area contributed by atoms with Gasteiger partial charge >= 0.3 is 0 Å². The summed E-state index contributed by atoms with van der Waals surface area (Å²) in [5.41, 5.74) is 1.47. The third-order valence-electron chi connectivity index (χ3n) is 3.52. The first kappa shape index (κ1) is 18.1. The Morgan fingerprint density at radius 2 is 1.62 bits per heavy atom. The highest BCUT2D eigenvalue weighted by molar-refractivity contribution is 9.10. The van der Waals surface area contributed by atoms with Gasteiger partial charge in [0.15, 0.2) is 28.8 Å². The van der Waals surface area contributed by atoms with Gasteiger partial charge in [-0.1, -0.05) is 6.07 Å². The Balaban J connectivity index is 2.24. The lowest BCUT2D eigenvalue weighted by atomic mass is 10.1. The number of carbonyl (C=O) groups excluding carboxylic acids is 1. The van der Waals surface area contributed by atoms with Crippen molar-refractivity contribution in [2.45, 2.75) is 13.5 Å². The van der Waals surface area contributed by atoms with Gasteiger partial charge in [-0.2, -0.15) is 0 Å². The molecule has 0 unspecified atom stereocenters. The van der Waals surface area contributed by atoms with Crippen molar-refractivity contribution < 1.29 is 23.7 Å². The molecule has 0 fully saturated rings. The molecule has 2 rings (SSSR count). The lowest BCUT2D eigenvalue weighted by Crippen LogP contribution is -2.02. The van der Waals surface area contributed by atoms with Crippen LogP contribution in [0.4, 0.5) is 0 Å². The van der Waals surface area contributed by atoms with Crippen LogP contribution in [0.3, 0.4) is 0 Å². The van der Waals surface area contributed by atoms with Crippen LogP contribution >= 0.6 is 15.9 Å². The van der Waals surface area contributed by atoms with Gasteiger partial charge < -0.3 is 18.9 Å². The van der Waals surface area contributed by atoms with Gasteiger partial charge in [0.05, 0.1) is 25.8 Å². The van der Waals surface area contributed by atoms with E-state index in [0.29, 0.717) is 35.2 Å². The minimum Gasteiger partial charge on any atom is -0.493 e. The Kier molecular flexibility index (Phi) is 6.09. The minimum atomic E-state index is -0.0255. The Hall–Kier alpha value is -2.21. The first-order chi connectivity index (χ1) is 11.5. The van der Waals surface area contributed by atoms with E-state index in [9.17, 15) is 4.79 Å². The number of halogens is 1. The molecule has 2 aromatic carbocycles. The number of Topliss-reactive ketones (excluding diaryl/α,β-unsaturated/α-hetero) is 1. The van der Waals surface area contributed by atoms with Crippen LogP contribution in [0.15, 0.2) is 34.8 Å². The smallest absolute Gasteiger partial charge is 0.175 e. The fourth-order valence-corrected chi connectivity index (χ4v) is 2.81. The van der Waals surface area contributed by atoms with E-state index in [0.717, 1.165) is 10.0 Å². The van der Waals surface area contributed by atoms with Gasteiger partial charge in [0, 0.05) is 11.1 Å². The van der Waals surface area contributed by atoms with Gasteiger partial charge in [-0.05, 0) is 47.1 Å². The molecule has 6 heteroatoms. The molecule has 0 bridgehead atoms. The van der Waals surface area contributed by atoms with Crippen molar-refractivity contribution in [3.05, 3.63) is 45.9 Å². The molecule has 0 amide bonds. The van der Waals surface area contributed by atoms with Gasteiger partial charge in [0.2, 0.25) is 0 Å². The topological polar surface area (TPSA) is 54.0 Å². The van der Waals surface area contributed by atoms with Crippen molar-refractivity contribution in [1.82, 2.24) is 0 Å². The standard InChI is InChI=1S/C18H19BrO5/c1-11(20)12-5-7-14(16(9-12)22-3)24-10-13-6-8-15(21-2)18(23-4)17(13)19/h5-9H,10H2,1-4H3. The van der Waals surface area contributed by atoms with E-state index >= 15 is 0 Å². The summed E-state index contributed by atoms with van der Waals surface area (Å²) in [6.45, 7) is 1.81. The van der Waals surface area contributed by atoms with E-state index in [4.69, 9.17) is 18.9 Å². The van der Waals surface area contributed by atoms with E-state index in [2.05, 4.69) is 15.9 Å². The first-order valence-electron chi connectivity index (χ1n) is 7.23. The average Bonchev–Trinajstić information content (AvgIpc) is 2.60. The van der Waals surface area contributed by atoms with Crippen LogP contribution in [-0.4, -0.2) is 27.1 Å². The second-order valence-electron chi connectivity index (χ2n) is 4.98. The second kappa shape index (κ2) is 8.06. The van der Waals surface area contributed by atoms with Gasteiger partial charge in [-0.15, -0.1) is 0 Å². The molecule has 0 saturated heterocycles.